The molecule has 1 saturated heterocycles. The number of nitrogens with zero attached hydrogens (tertiary/aromatic N) is 1. The first kappa shape index (κ1) is 11.0. The van der Waals surface area contributed by atoms with Crippen molar-refractivity contribution in [3.05, 3.63) is 0 Å². The molecule has 1 aliphatic rings. The van der Waals surface area contributed by atoms with Crippen LogP contribution in [-0.2, 0) is 4.79 Å². The van der Waals surface area contributed by atoms with Crippen LogP contribution in [-0.4, -0.2) is 25.5 Å². The van der Waals surface area contributed by atoms with Crippen LogP contribution in [0.15, 0.2) is 0 Å². The van der Waals surface area contributed by atoms with Gasteiger partial charge in [-0.15, -0.1) is 0 Å². The Morgan fingerprint density at radius 1 is 1.64 bits per heavy atom. The van der Waals surface area contributed by atoms with Gasteiger partial charge in [-0.3, -0.25) is 4.79 Å². The molecule has 4 nitrogen and oxygen atoms in total. The van der Waals surface area contributed by atoms with Gasteiger partial charge in [0.2, 0.25) is 5.91 Å². The minimum atomic E-state index is -0.465. The molecule has 0 aromatic heterocycles. The quantitative estimate of drug-likeness (QED) is 0.676. The second-order valence-corrected chi connectivity index (χ2v) is 4.50. The molecule has 1 amide bonds. The van der Waals surface area contributed by atoms with Gasteiger partial charge in [-0.1, -0.05) is 0 Å². The van der Waals surface area contributed by atoms with Gasteiger partial charge in [-0.2, -0.15) is 5.26 Å². The molecule has 1 fully saturated rings. The fourth-order valence-corrected chi connectivity index (χ4v) is 1.19. The second kappa shape index (κ2) is 4.43. The molecule has 0 aliphatic carbocycles. The molecule has 0 aromatic rings. The largest absolute Gasteiger partial charge is 0.355 e. The molecule has 1 aliphatic heterocycles. The Hall–Kier alpha value is -1.08. The summed E-state index contributed by atoms with van der Waals surface area (Å²) in [5, 5.41) is 14.6. The van der Waals surface area contributed by atoms with Crippen molar-refractivity contribution in [2.45, 2.75) is 20.3 Å². The summed E-state index contributed by atoms with van der Waals surface area (Å²) >= 11 is 0. The highest BCUT2D eigenvalue weighted by molar-refractivity contribution is 5.76. The topological polar surface area (TPSA) is 64.9 Å². The zero-order valence-corrected chi connectivity index (χ0v) is 8.76. The first-order valence-corrected chi connectivity index (χ1v) is 4.92. The maximum absolute atomic E-state index is 11.4. The Kier molecular flexibility index (Phi) is 3.48. The molecule has 0 saturated carbocycles. The standard InChI is InChI=1S/C10H17N3O/c1-10(2,6-11)7-13-9(14)3-8-4-12-5-8/h8,12H,3-5,7H2,1-2H3,(H,13,14). The molecule has 0 unspecified atom stereocenters. The summed E-state index contributed by atoms with van der Waals surface area (Å²) in [6, 6.07) is 2.15. The van der Waals surface area contributed by atoms with Crippen LogP contribution in [0.1, 0.15) is 20.3 Å². The number of amides is 1. The lowest BCUT2D eigenvalue weighted by molar-refractivity contribution is -0.122. The molecule has 4 heteroatoms. The number of nitriles is 1. The van der Waals surface area contributed by atoms with Gasteiger partial charge in [0.15, 0.2) is 0 Å². The number of carbonyl (C=O) groups excluding carboxylic acids is 1. The van der Waals surface area contributed by atoms with Crippen molar-refractivity contribution in [2.24, 2.45) is 11.3 Å². The summed E-state index contributed by atoms with van der Waals surface area (Å²) in [5.74, 6) is 0.542. The third-order valence-corrected chi connectivity index (χ3v) is 2.37. The third-order valence-electron chi connectivity index (χ3n) is 2.37. The Morgan fingerprint density at radius 2 is 2.29 bits per heavy atom. The fourth-order valence-electron chi connectivity index (χ4n) is 1.19. The van der Waals surface area contributed by atoms with Gasteiger partial charge in [0.1, 0.15) is 0 Å². The van der Waals surface area contributed by atoms with Crippen molar-refractivity contribution in [1.82, 2.24) is 10.6 Å². The van der Waals surface area contributed by atoms with E-state index in [1.165, 1.54) is 0 Å². The van der Waals surface area contributed by atoms with Crippen LogP contribution in [0.3, 0.4) is 0 Å². The van der Waals surface area contributed by atoms with E-state index in [2.05, 4.69) is 16.7 Å². The molecular formula is C10H17N3O. The van der Waals surface area contributed by atoms with Crippen LogP contribution in [0, 0.1) is 22.7 Å². The summed E-state index contributed by atoms with van der Waals surface area (Å²) in [4.78, 5) is 11.4. The van der Waals surface area contributed by atoms with E-state index < -0.39 is 5.41 Å². The molecule has 1 rings (SSSR count). The minimum absolute atomic E-state index is 0.0554. The van der Waals surface area contributed by atoms with Crippen molar-refractivity contribution in [1.29, 1.82) is 5.26 Å². The van der Waals surface area contributed by atoms with E-state index in [-0.39, 0.29) is 5.91 Å². The lowest BCUT2D eigenvalue weighted by atomic mass is 9.95. The zero-order chi connectivity index (χ0) is 10.6. The molecule has 0 aromatic carbocycles. The Bertz CT molecular complexity index is 251. The maximum Gasteiger partial charge on any atom is 0.220 e. The molecule has 0 bridgehead atoms. The monoisotopic (exact) mass is 195 g/mol. The lowest BCUT2D eigenvalue weighted by Crippen LogP contribution is -2.45. The van der Waals surface area contributed by atoms with E-state index in [1.807, 2.05) is 13.8 Å². The number of nitrogens with one attached hydrogen (secondary N) is 2. The smallest absolute Gasteiger partial charge is 0.220 e. The van der Waals surface area contributed by atoms with Crippen molar-refractivity contribution >= 4 is 5.91 Å². The van der Waals surface area contributed by atoms with E-state index in [0.29, 0.717) is 18.9 Å². The Labute approximate surface area is 84.7 Å². The zero-order valence-electron chi connectivity index (χ0n) is 8.76. The molecule has 2 N–H and O–H groups in total. The van der Waals surface area contributed by atoms with Gasteiger partial charge in [0.25, 0.3) is 0 Å². The number of rotatable bonds is 4. The Morgan fingerprint density at radius 3 is 2.71 bits per heavy atom. The van der Waals surface area contributed by atoms with Crippen molar-refractivity contribution in [3.63, 3.8) is 0 Å². The highest BCUT2D eigenvalue weighted by atomic mass is 16.1. The number of carbonyl (C=O) groups is 1. The fraction of sp³-hybridized carbons (Fsp3) is 0.800. The SMILES string of the molecule is CC(C)(C#N)CNC(=O)CC1CNC1. The van der Waals surface area contributed by atoms with Crippen LogP contribution in [0.25, 0.3) is 0 Å². The van der Waals surface area contributed by atoms with Gasteiger partial charge in [-0.05, 0) is 32.9 Å². The first-order chi connectivity index (χ1) is 6.53. The van der Waals surface area contributed by atoms with Crippen LogP contribution in [0.4, 0.5) is 0 Å². The maximum atomic E-state index is 11.4. The third kappa shape index (κ3) is 3.35. The van der Waals surface area contributed by atoms with Gasteiger partial charge in [0, 0.05) is 13.0 Å². The van der Waals surface area contributed by atoms with Crippen molar-refractivity contribution in [2.75, 3.05) is 19.6 Å². The van der Waals surface area contributed by atoms with Gasteiger partial charge >= 0.3 is 0 Å². The molecule has 0 radical (unpaired) electrons. The summed E-state index contributed by atoms with van der Waals surface area (Å²) in [7, 11) is 0. The van der Waals surface area contributed by atoms with Crippen LogP contribution >= 0.6 is 0 Å². The van der Waals surface area contributed by atoms with Crippen LogP contribution in [0.2, 0.25) is 0 Å². The normalized spacial score (nSPS) is 16.9. The van der Waals surface area contributed by atoms with Crippen LogP contribution in [0.5, 0.6) is 0 Å². The van der Waals surface area contributed by atoms with Gasteiger partial charge in [0.05, 0.1) is 11.5 Å². The van der Waals surface area contributed by atoms with E-state index in [1.54, 1.807) is 0 Å². The average Bonchev–Trinajstić information content (AvgIpc) is 2.08. The molecule has 0 spiro atoms. The lowest BCUT2D eigenvalue weighted by Gasteiger charge is -2.26. The summed E-state index contributed by atoms with van der Waals surface area (Å²) in [6.07, 6.45) is 0.578. The predicted octanol–water partition coefficient (Wildman–Crippen LogP) is 0.262. The second-order valence-electron chi connectivity index (χ2n) is 4.50. The van der Waals surface area contributed by atoms with E-state index in [4.69, 9.17) is 5.26 Å². The van der Waals surface area contributed by atoms with E-state index in [0.717, 1.165) is 13.1 Å². The Balaban J connectivity index is 2.17. The number of hydrogen-bond acceptors (Lipinski definition) is 3. The van der Waals surface area contributed by atoms with Gasteiger partial charge in [-0.25, -0.2) is 0 Å². The predicted molar refractivity (Wildman–Crippen MR) is 53.4 cm³/mol. The number of hydrogen-bond donors (Lipinski definition) is 2. The first-order valence-electron chi connectivity index (χ1n) is 4.92. The summed E-state index contributed by atoms with van der Waals surface area (Å²) in [6.45, 7) is 5.95. The van der Waals surface area contributed by atoms with E-state index in [9.17, 15) is 4.79 Å². The summed E-state index contributed by atoms with van der Waals surface area (Å²) in [5.41, 5.74) is -0.465. The highest BCUT2D eigenvalue weighted by Gasteiger charge is 2.22. The van der Waals surface area contributed by atoms with E-state index >= 15 is 0 Å². The average molecular weight is 195 g/mol. The van der Waals surface area contributed by atoms with Crippen molar-refractivity contribution in [3.8, 4) is 6.07 Å². The summed E-state index contributed by atoms with van der Waals surface area (Å²) < 4.78 is 0. The molecule has 14 heavy (non-hydrogen) atoms. The molecule has 1 heterocycles. The van der Waals surface area contributed by atoms with Crippen molar-refractivity contribution < 1.29 is 4.79 Å². The molecule has 78 valence electrons. The molecular weight excluding hydrogens is 178 g/mol. The van der Waals surface area contributed by atoms with Gasteiger partial charge < -0.3 is 10.6 Å². The highest BCUT2D eigenvalue weighted by Crippen LogP contribution is 2.12. The van der Waals surface area contributed by atoms with Crippen LogP contribution < -0.4 is 10.6 Å². The molecule has 0 atom stereocenters. The minimum Gasteiger partial charge on any atom is -0.355 e.